The van der Waals surface area contributed by atoms with Crippen LogP contribution in [0.5, 0.6) is 5.75 Å². The van der Waals surface area contributed by atoms with Crippen LogP contribution in [0, 0.1) is 0 Å². The third-order valence-corrected chi connectivity index (χ3v) is 9.05. The molecule has 5 rings (SSSR count). The molecule has 2 atom stereocenters. The first-order chi connectivity index (χ1) is 24.8. The van der Waals surface area contributed by atoms with Gasteiger partial charge in [-0.25, -0.2) is 9.59 Å². The number of carbonyl (C=O) groups excluding carboxylic acids is 4. The Bertz CT molecular complexity index is 1680. The van der Waals surface area contributed by atoms with Crippen molar-refractivity contribution in [2.45, 2.75) is 110 Å². The van der Waals surface area contributed by atoms with Crippen LogP contribution in [0.1, 0.15) is 82.8 Å². The number of ether oxygens (including phenoxy) is 5. The van der Waals surface area contributed by atoms with Gasteiger partial charge in [0.1, 0.15) is 18.0 Å². The normalized spacial score (nSPS) is 23.1. The zero-order chi connectivity index (χ0) is 38.9. The topological polar surface area (TPSA) is 136 Å². The zero-order valence-corrected chi connectivity index (χ0v) is 31.0. The summed E-state index contributed by atoms with van der Waals surface area (Å²) in [7, 11) is 0. The van der Waals surface area contributed by atoms with Crippen LogP contribution in [0.3, 0.4) is 0 Å². The highest BCUT2D eigenvalue weighted by molar-refractivity contribution is 6.05. The number of nitrogens with one attached hydrogen (secondary N) is 1. The molecular weight excluding hydrogens is 701 g/mol. The lowest BCUT2D eigenvalue weighted by atomic mass is 9.95. The average molecular weight is 749 g/mol. The van der Waals surface area contributed by atoms with E-state index in [1.807, 2.05) is 6.07 Å². The van der Waals surface area contributed by atoms with E-state index in [1.165, 1.54) is 16.7 Å². The number of hydrogen-bond acceptors (Lipinski definition) is 9. The van der Waals surface area contributed by atoms with Crippen molar-refractivity contribution < 1.29 is 56.0 Å². The Morgan fingerprint density at radius 1 is 1.09 bits per heavy atom. The van der Waals surface area contributed by atoms with E-state index in [0.717, 1.165) is 16.5 Å². The molecule has 1 N–H and O–H groups in total. The molecule has 53 heavy (non-hydrogen) atoms. The number of piperidine rings is 1. The van der Waals surface area contributed by atoms with Crippen molar-refractivity contribution in [3.8, 4) is 5.75 Å². The van der Waals surface area contributed by atoms with Crippen LogP contribution in [0.2, 0.25) is 0 Å². The zero-order valence-electron chi connectivity index (χ0n) is 31.0. The van der Waals surface area contributed by atoms with Crippen LogP contribution in [0.15, 0.2) is 42.5 Å². The highest BCUT2D eigenvalue weighted by Crippen LogP contribution is 2.46. The van der Waals surface area contributed by atoms with E-state index in [-0.39, 0.29) is 37.7 Å². The maximum atomic E-state index is 14.9. The lowest BCUT2D eigenvalue weighted by molar-refractivity contribution is -0.406. The van der Waals surface area contributed by atoms with Gasteiger partial charge in [-0.2, -0.15) is 13.2 Å². The van der Waals surface area contributed by atoms with Gasteiger partial charge in [0, 0.05) is 32.2 Å². The average Bonchev–Trinajstić information content (AvgIpc) is 3.06. The van der Waals surface area contributed by atoms with Gasteiger partial charge in [0.05, 0.1) is 22.9 Å². The highest BCUT2D eigenvalue weighted by atomic mass is 19.4. The third-order valence-electron chi connectivity index (χ3n) is 9.05. The van der Waals surface area contributed by atoms with E-state index in [4.69, 9.17) is 23.7 Å². The fraction of sp³-hybridized carbons (Fsp3) is 0.568. The largest absolute Gasteiger partial charge is 0.470 e. The maximum Gasteiger partial charge on any atom is 0.417 e. The molecule has 0 saturated carbocycles. The van der Waals surface area contributed by atoms with Crippen molar-refractivity contribution in [3.63, 3.8) is 0 Å². The Morgan fingerprint density at radius 2 is 1.77 bits per heavy atom. The fourth-order valence-corrected chi connectivity index (χ4v) is 6.59. The number of likely N-dealkylation sites (tertiary alicyclic amines) is 1. The molecule has 3 heterocycles. The van der Waals surface area contributed by atoms with Crippen molar-refractivity contribution >= 4 is 29.7 Å². The van der Waals surface area contributed by atoms with Crippen LogP contribution >= 0.6 is 0 Å². The second-order valence-corrected chi connectivity index (χ2v) is 14.7. The summed E-state index contributed by atoms with van der Waals surface area (Å²) >= 11 is 0. The summed E-state index contributed by atoms with van der Waals surface area (Å²) in [4.78, 5) is 57.9. The first kappa shape index (κ1) is 39.6. The molecule has 3 aliphatic rings. The molecular formula is C37H47F3N4O9. The molecule has 2 fully saturated rings. The summed E-state index contributed by atoms with van der Waals surface area (Å²) in [6.45, 7) is 11.5. The number of alkyl carbamates (subject to hydrolysis) is 1. The number of benzene rings is 2. The van der Waals surface area contributed by atoms with Crippen LogP contribution in [-0.2, 0) is 36.5 Å². The Labute approximate surface area is 306 Å². The molecule has 0 aliphatic carbocycles. The van der Waals surface area contributed by atoms with Gasteiger partial charge >= 0.3 is 18.4 Å². The van der Waals surface area contributed by atoms with Crippen molar-refractivity contribution in [3.05, 3.63) is 59.2 Å². The van der Waals surface area contributed by atoms with E-state index in [0.29, 0.717) is 25.5 Å². The summed E-state index contributed by atoms with van der Waals surface area (Å²) in [5, 5.41) is 2.56. The van der Waals surface area contributed by atoms with Gasteiger partial charge < -0.3 is 43.7 Å². The van der Waals surface area contributed by atoms with Gasteiger partial charge in [-0.3, -0.25) is 9.59 Å². The first-order valence-electron chi connectivity index (χ1n) is 17.6. The number of rotatable bonds is 9. The van der Waals surface area contributed by atoms with Crippen molar-refractivity contribution in [1.29, 1.82) is 0 Å². The van der Waals surface area contributed by atoms with E-state index in [2.05, 4.69) is 5.32 Å². The van der Waals surface area contributed by atoms with Gasteiger partial charge in [0.2, 0.25) is 11.9 Å². The SMILES string of the molecule is CC1OC(C2(C)Oc3cc(C(F)(F)F)c(C(=O)N(C(C)C)[C@@H]4CCCN(C(=O)OC(C)(C)C)C4)cc3N(CCNC(=O)OCc3ccccc3)C2=O)O1. The second kappa shape index (κ2) is 15.4. The molecule has 13 nitrogen and oxygen atoms in total. The van der Waals surface area contributed by atoms with Crippen molar-refractivity contribution in [2.24, 2.45) is 0 Å². The molecule has 4 amide bonds. The monoisotopic (exact) mass is 748 g/mol. The predicted molar refractivity (Wildman–Crippen MR) is 185 cm³/mol. The Hall–Kier alpha value is -4.57. The van der Waals surface area contributed by atoms with E-state index in [9.17, 15) is 32.3 Å². The highest BCUT2D eigenvalue weighted by Gasteiger charge is 2.57. The molecule has 3 aliphatic heterocycles. The third kappa shape index (κ3) is 8.98. The first-order valence-corrected chi connectivity index (χ1v) is 17.6. The minimum Gasteiger partial charge on any atom is -0.470 e. The second-order valence-electron chi connectivity index (χ2n) is 14.7. The molecule has 0 aromatic heterocycles. The smallest absolute Gasteiger partial charge is 0.417 e. The quantitative estimate of drug-likeness (QED) is 0.324. The molecule has 0 bridgehead atoms. The number of halogens is 3. The number of fused-ring (bicyclic) bond motifs is 1. The number of nitrogens with zero attached hydrogens (tertiary/aromatic N) is 3. The minimum atomic E-state index is -5.01. The number of anilines is 1. The molecule has 2 aromatic rings. The van der Waals surface area contributed by atoms with Crippen LogP contribution in [-0.4, -0.2) is 95.8 Å². The molecule has 2 saturated heterocycles. The Balaban J connectivity index is 1.46. The minimum absolute atomic E-state index is 0.00677. The molecule has 1 unspecified atom stereocenters. The number of alkyl halides is 3. The number of amides is 4. The number of carbonyl (C=O) groups is 4. The molecule has 0 radical (unpaired) electrons. The predicted octanol–water partition coefficient (Wildman–Crippen LogP) is 6.08. The summed E-state index contributed by atoms with van der Waals surface area (Å²) < 4.78 is 72.5. The van der Waals surface area contributed by atoms with E-state index >= 15 is 0 Å². The Kier molecular flexibility index (Phi) is 11.5. The number of hydrogen-bond donors (Lipinski definition) is 1. The van der Waals surface area contributed by atoms with Crippen molar-refractivity contribution in [1.82, 2.24) is 15.1 Å². The Morgan fingerprint density at radius 3 is 2.38 bits per heavy atom. The standard InChI is InChI=1S/C37H47F3N4O9/c1-22(2)44(25-14-11-16-42(20-25)34(48)53-35(4,5)6)30(45)26-18-28-29(19-27(26)37(38,39)40)52-36(7,32-50-23(3)51-32)31(46)43(28)17-15-41-33(47)49-21-24-12-9-8-10-13-24/h8-10,12-13,18-19,22-23,25,32H,11,14-17,20-21H2,1-7H3,(H,41,47)/t23?,25-,32?,36?/m1/s1. The molecule has 16 heteroatoms. The van der Waals surface area contributed by atoms with Crippen LogP contribution in [0.4, 0.5) is 28.4 Å². The summed E-state index contributed by atoms with van der Waals surface area (Å²) in [5.41, 5.74) is -4.00. The van der Waals surface area contributed by atoms with Crippen LogP contribution < -0.4 is 15.0 Å². The van der Waals surface area contributed by atoms with Gasteiger partial charge in [0.25, 0.3) is 11.8 Å². The summed E-state index contributed by atoms with van der Waals surface area (Å²) in [6, 6.07) is 9.48. The van der Waals surface area contributed by atoms with E-state index in [1.54, 1.807) is 65.8 Å². The maximum absolute atomic E-state index is 14.9. The summed E-state index contributed by atoms with van der Waals surface area (Å²) in [5.74, 6) is -1.99. The van der Waals surface area contributed by atoms with E-state index < -0.39 is 77.2 Å². The van der Waals surface area contributed by atoms with Gasteiger partial charge in [-0.05, 0) is 79.0 Å². The molecule has 0 spiro atoms. The lowest BCUT2D eigenvalue weighted by Gasteiger charge is -2.48. The summed E-state index contributed by atoms with van der Waals surface area (Å²) in [6.07, 6.45) is -7.35. The fourth-order valence-electron chi connectivity index (χ4n) is 6.59. The van der Waals surface area contributed by atoms with Gasteiger partial charge in [-0.1, -0.05) is 30.3 Å². The molecule has 2 aromatic carbocycles. The van der Waals surface area contributed by atoms with Gasteiger partial charge in [0.15, 0.2) is 6.29 Å². The van der Waals surface area contributed by atoms with Crippen molar-refractivity contribution in [2.75, 3.05) is 31.1 Å². The lowest BCUT2D eigenvalue weighted by Crippen LogP contribution is -2.66. The molecule has 290 valence electrons. The van der Waals surface area contributed by atoms with Crippen LogP contribution in [0.25, 0.3) is 0 Å². The van der Waals surface area contributed by atoms with Gasteiger partial charge in [-0.15, -0.1) is 0 Å².